The fourth-order valence-corrected chi connectivity index (χ4v) is 4.34. The Balaban J connectivity index is 1.88. The number of hydrogen-bond donors (Lipinski definition) is 1. The summed E-state index contributed by atoms with van der Waals surface area (Å²) in [6.07, 6.45) is 8.88. The summed E-state index contributed by atoms with van der Waals surface area (Å²) in [7, 11) is 0. The molecule has 0 aromatic rings. The fourth-order valence-electron chi connectivity index (χ4n) is 4.34. The van der Waals surface area contributed by atoms with E-state index >= 15 is 0 Å². The molecule has 5 nitrogen and oxygen atoms in total. The minimum atomic E-state index is -1.19. The van der Waals surface area contributed by atoms with Gasteiger partial charge in [-0.25, -0.2) is 0 Å². The maximum absolute atomic E-state index is 13.1. The van der Waals surface area contributed by atoms with E-state index in [1.807, 2.05) is 25.2 Å². The van der Waals surface area contributed by atoms with Crippen LogP contribution in [0.4, 0.5) is 0 Å². The van der Waals surface area contributed by atoms with Gasteiger partial charge in [-0.15, -0.1) is 0 Å². The van der Waals surface area contributed by atoms with E-state index in [0.29, 0.717) is 24.2 Å². The zero-order valence-corrected chi connectivity index (χ0v) is 15.8. The van der Waals surface area contributed by atoms with Crippen molar-refractivity contribution in [1.82, 2.24) is 0 Å². The summed E-state index contributed by atoms with van der Waals surface area (Å²) in [5.41, 5.74) is 0.300. The molecule has 4 atom stereocenters. The van der Waals surface area contributed by atoms with Crippen LogP contribution in [0.3, 0.4) is 0 Å². The molecule has 1 saturated heterocycles. The SMILES string of the molecule is CC=CC1=CC2=C(CO1)C(=O)C1(C)OC(=O)C(C(O)CCCCC)C1C2. The number of ether oxygens (including phenoxy) is 2. The Morgan fingerprint density at radius 1 is 1.38 bits per heavy atom. The number of rotatable bonds is 6. The highest BCUT2D eigenvalue weighted by molar-refractivity contribution is 6.07. The molecule has 4 unspecified atom stereocenters. The molecular weight excluding hydrogens is 332 g/mol. The molecule has 1 fully saturated rings. The second kappa shape index (κ2) is 7.39. The van der Waals surface area contributed by atoms with Gasteiger partial charge in [0.15, 0.2) is 5.60 Å². The maximum Gasteiger partial charge on any atom is 0.313 e. The molecule has 0 aromatic carbocycles. The maximum atomic E-state index is 13.1. The summed E-state index contributed by atoms with van der Waals surface area (Å²) in [5, 5.41) is 10.6. The van der Waals surface area contributed by atoms with Crippen molar-refractivity contribution in [2.45, 2.75) is 64.6 Å². The average molecular weight is 360 g/mol. The van der Waals surface area contributed by atoms with Gasteiger partial charge in [0, 0.05) is 11.5 Å². The highest BCUT2D eigenvalue weighted by Gasteiger charge is 2.61. The number of aliphatic hydroxyl groups is 1. The lowest BCUT2D eigenvalue weighted by Crippen LogP contribution is -2.48. The molecule has 1 N–H and O–H groups in total. The standard InChI is InChI=1S/C21H28O5/c1-4-6-7-9-17(22)18-16-11-13-10-14(8-5-2)25-12-15(13)19(23)21(16,3)26-20(18)24/h5,8,10,16-18,22H,4,6-7,9,11-12H2,1-3H3. The van der Waals surface area contributed by atoms with Gasteiger partial charge in [-0.3, -0.25) is 9.59 Å². The molecule has 26 heavy (non-hydrogen) atoms. The van der Waals surface area contributed by atoms with Crippen LogP contribution in [0.2, 0.25) is 0 Å². The van der Waals surface area contributed by atoms with Gasteiger partial charge in [-0.1, -0.05) is 32.3 Å². The van der Waals surface area contributed by atoms with Crippen LogP contribution in [0.15, 0.2) is 35.1 Å². The Morgan fingerprint density at radius 2 is 2.15 bits per heavy atom. The first kappa shape index (κ1) is 18.9. The van der Waals surface area contributed by atoms with Crippen LogP contribution in [0, 0.1) is 11.8 Å². The van der Waals surface area contributed by atoms with Crippen molar-refractivity contribution in [3.05, 3.63) is 35.1 Å². The number of carbonyl (C=O) groups is 2. The normalized spacial score (nSPS) is 32.1. The Morgan fingerprint density at radius 3 is 2.85 bits per heavy atom. The van der Waals surface area contributed by atoms with Gasteiger partial charge in [0.25, 0.3) is 0 Å². The minimum Gasteiger partial charge on any atom is -0.489 e. The number of Topliss-reactive ketones (excluding diaryl/α,β-unsaturated/α-hetero) is 1. The highest BCUT2D eigenvalue weighted by atomic mass is 16.6. The number of carbonyl (C=O) groups excluding carboxylic acids is 2. The monoisotopic (exact) mass is 360 g/mol. The highest BCUT2D eigenvalue weighted by Crippen LogP contribution is 2.49. The molecule has 142 valence electrons. The third kappa shape index (κ3) is 3.13. The quantitative estimate of drug-likeness (QED) is 0.581. The van der Waals surface area contributed by atoms with Gasteiger partial charge in [0.1, 0.15) is 12.4 Å². The molecule has 2 heterocycles. The summed E-state index contributed by atoms with van der Waals surface area (Å²) in [5.74, 6) is -0.896. The molecule has 0 amide bonds. The number of allylic oxidation sites excluding steroid dienone is 4. The second-order valence-electron chi connectivity index (χ2n) is 7.60. The third-order valence-electron chi connectivity index (χ3n) is 5.83. The first-order chi connectivity index (χ1) is 12.4. The van der Waals surface area contributed by atoms with Crippen molar-refractivity contribution in [3.8, 4) is 0 Å². The fraction of sp³-hybridized carbons (Fsp3) is 0.619. The van der Waals surface area contributed by atoms with Crippen molar-refractivity contribution >= 4 is 11.8 Å². The Kier molecular flexibility index (Phi) is 5.37. The predicted octanol–water partition coefficient (Wildman–Crippen LogP) is 3.24. The van der Waals surface area contributed by atoms with Crippen LogP contribution >= 0.6 is 0 Å². The second-order valence-corrected chi connectivity index (χ2v) is 7.60. The zero-order chi connectivity index (χ0) is 18.9. The van der Waals surface area contributed by atoms with Crippen molar-refractivity contribution in [2.75, 3.05) is 6.61 Å². The minimum absolute atomic E-state index is 0.184. The number of ketones is 1. The topological polar surface area (TPSA) is 72.8 Å². The summed E-state index contributed by atoms with van der Waals surface area (Å²) in [4.78, 5) is 25.6. The van der Waals surface area contributed by atoms with E-state index in [0.717, 1.165) is 24.8 Å². The van der Waals surface area contributed by atoms with Gasteiger partial charge in [-0.2, -0.15) is 0 Å². The lowest BCUT2D eigenvalue weighted by atomic mass is 9.67. The summed E-state index contributed by atoms with van der Waals surface area (Å²) >= 11 is 0. The van der Waals surface area contributed by atoms with Crippen molar-refractivity contribution in [1.29, 1.82) is 0 Å². The molecule has 0 bridgehead atoms. The summed E-state index contributed by atoms with van der Waals surface area (Å²) in [6, 6.07) is 0. The number of esters is 1. The number of fused-ring (bicyclic) bond motifs is 1. The van der Waals surface area contributed by atoms with Gasteiger partial charge in [0.2, 0.25) is 5.78 Å². The summed E-state index contributed by atoms with van der Waals surface area (Å²) in [6.45, 7) is 5.89. The van der Waals surface area contributed by atoms with E-state index in [9.17, 15) is 14.7 Å². The third-order valence-corrected chi connectivity index (χ3v) is 5.83. The molecule has 2 aliphatic heterocycles. The van der Waals surface area contributed by atoms with Crippen LogP contribution in [-0.4, -0.2) is 35.2 Å². The Hall–Kier alpha value is -1.88. The predicted molar refractivity (Wildman–Crippen MR) is 97.1 cm³/mol. The number of aliphatic hydroxyl groups excluding tert-OH is 1. The Labute approximate surface area is 154 Å². The van der Waals surface area contributed by atoms with Gasteiger partial charge in [-0.05, 0) is 44.4 Å². The van der Waals surface area contributed by atoms with E-state index in [1.54, 1.807) is 6.92 Å². The zero-order valence-electron chi connectivity index (χ0n) is 15.8. The average Bonchev–Trinajstić information content (AvgIpc) is 2.86. The molecule has 0 spiro atoms. The summed E-state index contributed by atoms with van der Waals surface area (Å²) < 4.78 is 11.2. The Bertz CT molecular complexity index is 687. The lowest BCUT2D eigenvalue weighted by molar-refractivity contribution is -0.158. The molecule has 3 aliphatic rings. The van der Waals surface area contributed by atoms with Crippen LogP contribution in [0.5, 0.6) is 0 Å². The molecule has 0 saturated carbocycles. The molecule has 3 rings (SSSR count). The van der Waals surface area contributed by atoms with E-state index in [-0.39, 0.29) is 18.3 Å². The first-order valence-electron chi connectivity index (χ1n) is 9.57. The van der Waals surface area contributed by atoms with Crippen LogP contribution in [0.1, 0.15) is 52.9 Å². The molecule has 0 radical (unpaired) electrons. The van der Waals surface area contributed by atoms with Gasteiger partial charge >= 0.3 is 5.97 Å². The van der Waals surface area contributed by atoms with Gasteiger partial charge < -0.3 is 14.6 Å². The molecule has 5 heteroatoms. The molecule has 0 aromatic heterocycles. The van der Waals surface area contributed by atoms with Crippen molar-refractivity contribution in [2.24, 2.45) is 11.8 Å². The molecular formula is C21H28O5. The van der Waals surface area contributed by atoms with Gasteiger partial charge in [0.05, 0.1) is 12.0 Å². The first-order valence-corrected chi connectivity index (χ1v) is 9.57. The smallest absolute Gasteiger partial charge is 0.313 e. The largest absolute Gasteiger partial charge is 0.489 e. The van der Waals surface area contributed by atoms with E-state index in [2.05, 4.69) is 6.92 Å². The van der Waals surface area contributed by atoms with Crippen molar-refractivity contribution < 1.29 is 24.2 Å². The number of hydrogen-bond acceptors (Lipinski definition) is 5. The number of unbranched alkanes of at least 4 members (excludes halogenated alkanes) is 2. The van der Waals surface area contributed by atoms with E-state index in [1.165, 1.54) is 0 Å². The molecule has 1 aliphatic carbocycles. The van der Waals surface area contributed by atoms with Crippen LogP contribution < -0.4 is 0 Å². The lowest BCUT2D eigenvalue weighted by Gasteiger charge is -2.37. The van der Waals surface area contributed by atoms with E-state index in [4.69, 9.17) is 9.47 Å². The van der Waals surface area contributed by atoms with Crippen LogP contribution in [0.25, 0.3) is 0 Å². The van der Waals surface area contributed by atoms with Crippen LogP contribution in [-0.2, 0) is 19.1 Å². The van der Waals surface area contributed by atoms with Crippen molar-refractivity contribution in [3.63, 3.8) is 0 Å². The van der Waals surface area contributed by atoms with E-state index < -0.39 is 23.6 Å².